The van der Waals surface area contributed by atoms with Gasteiger partial charge in [-0.3, -0.25) is 9.59 Å². The fourth-order valence-corrected chi connectivity index (χ4v) is 1.28. The summed E-state index contributed by atoms with van der Waals surface area (Å²) in [6.45, 7) is 6.99. The molecule has 0 saturated heterocycles. The van der Waals surface area contributed by atoms with E-state index in [1.807, 2.05) is 6.92 Å². The first-order valence-electron chi connectivity index (χ1n) is 4.86. The lowest BCUT2D eigenvalue weighted by molar-refractivity contribution is -0.159. The van der Waals surface area contributed by atoms with Gasteiger partial charge in [0.1, 0.15) is 6.10 Å². The summed E-state index contributed by atoms with van der Waals surface area (Å²) in [6.07, 6.45) is 0.185. The molecule has 82 valence electrons. The van der Waals surface area contributed by atoms with Gasteiger partial charge in [0.05, 0.1) is 12.5 Å². The lowest BCUT2D eigenvalue weighted by Gasteiger charge is -2.20. The van der Waals surface area contributed by atoms with Crippen molar-refractivity contribution in [3.8, 4) is 0 Å². The molecule has 0 heterocycles. The van der Waals surface area contributed by atoms with Crippen molar-refractivity contribution in [1.82, 2.24) is 0 Å². The molecular formula is C10H18O4. The van der Waals surface area contributed by atoms with Gasteiger partial charge in [-0.1, -0.05) is 6.92 Å². The average Bonchev–Trinajstić information content (AvgIpc) is 2.04. The Kier molecular flexibility index (Phi) is 5.92. The van der Waals surface area contributed by atoms with Crippen LogP contribution in [0, 0.1) is 5.92 Å². The fraction of sp³-hybridized carbons (Fsp3) is 0.800. The van der Waals surface area contributed by atoms with Gasteiger partial charge in [0, 0.05) is 6.92 Å². The first kappa shape index (κ1) is 12.9. The minimum absolute atomic E-state index is 0.302. The van der Waals surface area contributed by atoms with Crippen LogP contribution < -0.4 is 0 Å². The number of esters is 2. The Balaban J connectivity index is 4.23. The highest BCUT2D eigenvalue weighted by Gasteiger charge is 2.26. The van der Waals surface area contributed by atoms with E-state index in [0.717, 1.165) is 0 Å². The number of hydrogen-bond acceptors (Lipinski definition) is 4. The molecule has 2 atom stereocenters. The molecule has 0 rings (SSSR count). The van der Waals surface area contributed by atoms with Crippen molar-refractivity contribution >= 4 is 11.9 Å². The molecule has 14 heavy (non-hydrogen) atoms. The molecule has 4 nitrogen and oxygen atoms in total. The first-order chi connectivity index (χ1) is 6.52. The minimum Gasteiger partial charge on any atom is -0.466 e. The van der Waals surface area contributed by atoms with Gasteiger partial charge in [-0.15, -0.1) is 0 Å². The predicted molar refractivity (Wildman–Crippen MR) is 51.6 cm³/mol. The normalized spacial score (nSPS) is 14.3. The zero-order valence-corrected chi connectivity index (χ0v) is 9.20. The Labute approximate surface area is 84.6 Å². The van der Waals surface area contributed by atoms with E-state index < -0.39 is 6.10 Å². The maximum Gasteiger partial charge on any atom is 0.312 e. The van der Waals surface area contributed by atoms with Crippen LogP contribution in [0.4, 0.5) is 0 Å². The number of rotatable bonds is 5. The van der Waals surface area contributed by atoms with Crippen LogP contribution >= 0.6 is 0 Å². The quantitative estimate of drug-likeness (QED) is 0.634. The fourth-order valence-electron chi connectivity index (χ4n) is 1.28. The van der Waals surface area contributed by atoms with Crippen LogP contribution in [0.25, 0.3) is 0 Å². The highest BCUT2D eigenvalue weighted by Crippen LogP contribution is 2.14. The maximum absolute atomic E-state index is 11.4. The Morgan fingerprint density at radius 3 is 2.21 bits per heavy atom. The van der Waals surface area contributed by atoms with Crippen LogP contribution in [-0.4, -0.2) is 24.6 Å². The van der Waals surface area contributed by atoms with E-state index in [9.17, 15) is 9.59 Å². The monoisotopic (exact) mass is 202 g/mol. The summed E-state index contributed by atoms with van der Waals surface area (Å²) in [5.41, 5.74) is 0. The van der Waals surface area contributed by atoms with Crippen molar-refractivity contribution < 1.29 is 19.1 Å². The van der Waals surface area contributed by atoms with Crippen LogP contribution in [0.1, 0.15) is 34.1 Å². The molecule has 0 aromatic carbocycles. The van der Waals surface area contributed by atoms with Gasteiger partial charge >= 0.3 is 11.9 Å². The van der Waals surface area contributed by atoms with E-state index in [0.29, 0.717) is 13.0 Å². The second kappa shape index (κ2) is 6.40. The topological polar surface area (TPSA) is 52.6 Å². The summed E-state index contributed by atoms with van der Waals surface area (Å²) >= 11 is 0. The van der Waals surface area contributed by atoms with Crippen LogP contribution in [0.15, 0.2) is 0 Å². The minimum atomic E-state index is -0.420. The van der Waals surface area contributed by atoms with Gasteiger partial charge in [-0.25, -0.2) is 0 Å². The number of hydrogen-bond donors (Lipinski definition) is 0. The Morgan fingerprint density at radius 2 is 1.86 bits per heavy atom. The molecule has 0 N–H and O–H groups in total. The Morgan fingerprint density at radius 1 is 1.29 bits per heavy atom. The molecule has 0 aliphatic heterocycles. The number of carbonyl (C=O) groups excluding carboxylic acids is 2. The van der Waals surface area contributed by atoms with E-state index in [1.54, 1.807) is 13.8 Å². The predicted octanol–water partition coefficient (Wildman–Crippen LogP) is 1.53. The zero-order valence-electron chi connectivity index (χ0n) is 9.20. The summed E-state index contributed by atoms with van der Waals surface area (Å²) < 4.78 is 9.80. The number of ether oxygens (including phenoxy) is 2. The van der Waals surface area contributed by atoms with Gasteiger partial charge in [-0.05, 0) is 20.3 Å². The highest BCUT2D eigenvalue weighted by atomic mass is 16.6. The van der Waals surface area contributed by atoms with E-state index in [2.05, 4.69) is 0 Å². The van der Waals surface area contributed by atoms with Crippen molar-refractivity contribution in [1.29, 1.82) is 0 Å². The Bertz CT molecular complexity index is 200. The molecule has 0 amide bonds. The third-order valence-electron chi connectivity index (χ3n) is 1.95. The SMILES string of the molecule is CCOC(=O)C(CC)C(C)OC(C)=O. The smallest absolute Gasteiger partial charge is 0.312 e. The molecule has 0 aliphatic carbocycles. The third-order valence-corrected chi connectivity index (χ3v) is 1.95. The van der Waals surface area contributed by atoms with E-state index in [4.69, 9.17) is 9.47 Å². The molecule has 0 spiro atoms. The van der Waals surface area contributed by atoms with Gasteiger partial charge in [0.2, 0.25) is 0 Å². The third kappa shape index (κ3) is 4.25. The molecule has 0 aromatic heterocycles. The summed E-state index contributed by atoms with van der Waals surface area (Å²) in [7, 11) is 0. The van der Waals surface area contributed by atoms with E-state index in [1.165, 1.54) is 6.92 Å². The van der Waals surface area contributed by atoms with Gasteiger partial charge < -0.3 is 9.47 Å². The van der Waals surface area contributed by atoms with Crippen LogP contribution in [0.3, 0.4) is 0 Å². The molecule has 0 aromatic rings. The Hall–Kier alpha value is -1.06. The summed E-state index contributed by atoms with van der Waals surface area (Å²) in [5, 5.41) is 0. The number of carbonyl (C=O) groups is 2. The van der Waals surface area contributed by atoms with Gasteiger partial charge in [-0.2, -0.15) is 0 Å². The second-order valence-electron chi connectivity index (χ2n) is 3.08. The summed E-state index contributed by atoms with van der Waals surface area (Å²) in [5.74, 6) is -1.04. The molecular weight excluding hydrogens is 184 g/mol. The molecule has 0 aliphatic rings. The standard InChI is InChI=1S/C10H18O4/c1-5-9(10(12)13-6-2)7(3)14-8(4)11/h7,9H,5-6H2,1-4H3. The van der Waals surface area contributed by atoms with Crippen molar-refractivity contribution in [3.05, 3.63) is 0 Å². The molecule has 0 fully saturated rings. The second-order valence-corrected chi connectivity index (χ2v) is 3.08. The maximum atomic E-state index is 11.4. The summed E-state index contributed by atoms with van der Waals surface area (Å²) in [6, 6.07) is 0. The van der Waals surface area contributed by atoms with Crippen LogP contribution in [0.2, 0.25) is 0 Å². The first-order valence-corrected chi connectivity index (χ1v) is 4.86. The van der Waals surface area contributed by atoms with Crippen molar-refractivity contribution in [3.63, 3.8) is 0 Å². The van der Waals surface area contributed by atoms with Crippen LogP contribution in [0.5, 0.6) is 0 Å². The zero-order chi connectivity index (χ0) is 11.1. The van der Waals surface area contributed by atoms with Crippen molar-refractivity contribution in [2.45, 2.75) is 40.2 Å². The highest BCUT2D eigenvalue weighted by molar-refractivity contribution is 5.74. The lowest BCUT2D eigenvalue weighted by Crippen LogP contribution is -2.30. The molecule has 0 saturated carbocycles. The molecule has 0 radical (unpaired) electrons. The van der Waals surface area contributed by atoms with Gasteiger partial charge in [0.15, 0.2) is 0 Å². The molecule has 4 heteroatoms. The average molecular weight is 202 g/mol. The van der Waals surface area contributed by atoms with Crippen molar-refractivity contribution in [2.75, 3.05) is 6.61 Å². The molecule has 0 bridgehead atoms. The van der Waals surface area contributed by atoms with E-state index in [-0.39, 0.29) is 17.9 Å². The van der Waals surface area contributed by atoms with Crippen LogP contribution in [-0.2, 0) is 19.1 Å². The lowest BCUT2D eigenvalue weighted by atomic mass is 10.0. The molecule has 2 unspecified atom stereocenters. The summed E-state index contributed by atoms with van der Waals surface area (Å²) in [4.78, 5) is 22.1. The van der Waals surface area contributed by atoms with Gasteiger partial charge in [0.25, 0.3) is 0 Å². The van der Waals surface area contributed by atoms with Crippen molar-refractivity contribution in [2.24, 2.45) is 5.92 Å². The van der Waals surface area contributed by atoms with E-state index >= 15 is 0 Å². The largest absolute Gasteiger partial charge is 0.466 e.